The number of aryl methyl sites for hydroxylation is 1. The first-order chi connectivity index (χ1) is 26.2. The van der Waals surface area contributed by atoms with E-state index in [1.54, 1.807) is 27.9 Å². The molecule has 0 radical (unpaired) electrons. The first-order valence-corrected chi connectivity index (χ1v) is 21.2. The molecule has 3 fully saturated rings. The molecular weight excluding hydrogens is 727 g/mol. The van der Waals surface area contributed by atoms with Gasteiger partial charge in [0, 0.05) is 23.3 Å². The van der Waals surface area contributed by atoms with Gasteiger partial charge in [-0.3, -0.25) is 19.1 Å². The molecule has 1 aromatic carbocycles. The average molecular weight is 780 g/mol. The Morgan fingerprint density at radius 3 is 2.51 bits per heavy atom. The summed E-state index contributed by atoms with van der Waals surface area (Å²) in [7, 11) is -2.25. The number of allylic oxidation sites excluding steroid dienone is 1. The average Bonchev–Trinajstić information content (AvgIpc) is 4.06. The van der Waals surface area contributed by atoms with E-state index in [1.165, 1.54) is 4.90 Å². The molecule has 15 heteroatoms. The van der Waals surface area contributed by atoms with E-state index >= 15 is 0 Å². The molecule has 0 bridgehead atoms. The lowest BCUT2D eigenvalue weighted by atomic mass is 9.89. The number of pyridine rings is 1. The van der Waals surface area contributed by atoms with Gasteiger partial charge in [0.15, 0.2) is 0 Å². The van der Waals surface area contributed by atoms with E-state index in [0.717, 1.165) is 66.3 Å². The molecule has 4 amide bonds. The van der Waals surface area contributed by atoms with Gasteiger partial charge in [0.2, 0.25) is 27.7 Å². The van der Waals surface area contributed by atoms with Crippen LogP contribution in [0, 0.1) is 5.92 Å². The molecule has 14 nitrogen and oxygen atoms in total. The number of benzene rings is 1. The van der Waals surface area contributed by atoms with Gasteiger partial charge in [0.25, 0.3) is 5.91 Å². The van der Waals surface area contributed by atoms with Crippen LogP contribution in [0.1, 0.15) is 103 Å². The molecule has 7 rings (SSSR count). The van der Waals surface area contributed by atoms with Crippen LogP contribution in [0.3, 0.4) is 0 Å². The number of aromatic nitrogens is 1. The van der Waals surface area contributed by atoms with Crippen molar-refractivity contribution in [2.24, 2.45) is 5.92 Å². The summed E-state index contributed by atoms with van der Waals surface area (Å²) in [6.45, 7) is 5.25. The van der Waals surface area contributed by atoms with Gasteiger partial charge in [0.1, 0.15) is 35.1 Å². The van der Waals surface area contributed by atoms with E-state index in [9.17, 15) is 27.6 Å². The summed E-state index contributed by atoms with van der Waals surface area (Å²) in [5, 5.41) is 6.07. The van der Waals surface area contributed by atoms with Crippen LogP contribution >= 0.6 is 0 Å². The third-order valence-electron chi connectivity index (χ3n) is 11.3. The Hall–Kier alpha value is -4.40. The lowest BCUT2D eigenvalue weighted by Gasteiger charge is -2.30. The molecule has 298 valence electrons. The number of hydrogen-bond acceptors (Lipinski definition) is 10. The molecule has 5 atom stereocenters. The fourth-order valence-electron chi connectivity index (χ4n) is 8.15. The SMILES string of the molecule is COc1ccc2nc(O[C@@H]3C[C@H]4C(=O)N[C@]5(C(=O)NS(=O)(=O)C6CC6)C[C@H]5C=CCCCCC[C@H](NC(=O)OC(C)(C)C)C(=O)N4C3)c3c(c2c1)CCCC3. The third kappa shape index (κ3) is 8.56. The topological polar surface area (TPSA) is 182 Å². The van der Waals surface area contributed by atoms with Crippen LogP contribution in [0.2, 0.25) is 0 Å². The molecule has 2 aromatic rings. The van der Waals surface area contributed by atoms with Crippen LogP contribution in [0.4, 0.5) is 4.79 Å². The summed E-state index contributed by atoms with van der Waals surface area (Å²) in [6.07, 6.45) is 10.6. The van der Waals surface area contributed by atoms with E-state index in [0.29, 0.717) is 38.0 Å². The maximum Gasteiger partial charge on any atom is 0.408 e. The minimum absolute atomic E-state index is 0.0269. The first kappa shape index (κ1) is 38.9. The van der Waals surface area contributed by atoms with Crippen LogP contribution in [0.5, 0.6) is 11.6 Å². The first-order valence-electron chi connectivity index (χ1n) is 19.7. The summed E-state index contributed by atoms with van der Waals surface area (Å²) < 4.78 is 45.7. The van der Waals surface area contributed by atoms with Crippen molar-refractivity contribution in [3.8, 4) is 11.6 Å². The van der Waals surface area contributed by atoms with Gasteiger partial charge < -0.3 is 29.7 Å². The van der Waals surface area contributed by atoms with E-state index in [1.807, 2.05) is 30.4 Å². The summed E-state index contributed by atoms with van der Waals surface area (Å²) in [4.78, 5) is 62.2. The van der Waals surface area contributed by atoms with E-state index in [4.69, 9.17) is 19.2 Å². The molecule has 2 aliphatic heterocycles. The molecule has 55 heavy (non-hydrogen) atoms. The molecule has 0 spiro atoms. The number of fused-ring (bicyclic) bond motifs is 5. The minimum atomic E-state index is -3.88. The van der Waals surface area contributed by atoms with Crippen LogP contribution in [-0.4, -0.2) is 90.3 Å². The highest BCUT2D eigenvalue weighted by Gasteiger charge is 2.62. The molecular formula is C40H53N5O9S. The monoisotopic (exact) mass is 779 g/mol. The summed E-state index contributed by atoms with van der Waals surface area (Å²) in [5.74, 6) is -1.05. The number of hydrogen-bond donors (Lipinski definition) is 3. The van der Waals surface area contributed by atoms with Crippen LogP contribution in [0.15, 0.2) is 30.4 Å². The largest absolute Gasteiger partial charge is 0.497 e. The van der Waals surface area contributed by atoms with Crippen LogP contribution < -0.4 is 24.8 Å². The molecule has 3 aliphatic carbocycles. The standard InChI is InChI=1S/C40H53N5O9S/c1-39(2,3)54-38(49)42-32-15-9-7-5-6-8-12-24-22-40(24,37(48)44-55(50,51)27-17-18-27)43-34(46)33-21-26(23-45(33)36(32)47)53-35-29-14-11-10-13-28(29)30-20-25(52-4)16-19-31(30)41-35/h8,12,16,19-20,24,26-27,32-33H,5-7,9-11,13-15,17-18,21-23H2,1-4H3,(H,42,49)(H,43,46)(H,44,48)/t24-,26-,32+,33+,40-/m1/s1. The number of amides is 4. The predicted molar refractivity (Wildman–Crippen MR) is 204 cm³/mol. The van der Waals surface area contributed by atoms with E-state index in [-0.39, 0.29) is 19.4 Å². The van der Waals surface area contributed by atoms with Crippen molar-refractivity contribution in [1.29, 1.82) is 0 Å². The van der Waals surface area contributed by atoms with Gasteiger partial charge in [-0.1, -0.05) is 25.0 Å². The number of nitrogens with zero attached hydrogens (tertiary/aromatic N) is 2. The van der Waals surface area contributed by atoms with Gasteiger partial charge >= 0.3 is 6.09 Å². The van der Waals surface area contributed by atoms with E-state index < -0.39 is 74.3 Å². The summed E-state index contributed by atoms with van der Waals surface area (Å²) in [5.41, 5.74) is 0.611. The number of nitrogens with one attached hydrogen (secondary N) is 3. The Bertz CT molecular complexity index is 1990. The second-order valence-corrected chi connectivity index (χ2v) is 18.6. The predicted octanol–water partition coefficient (Wildman–Crippen LogP) is 4.37. The van der Waals surface area contributed by atoms with Gasteiger partial charge in [-0.05, 0) is 109 Å². The molecule has 5 aliphatic rings. The molecule has 1 saturated heterocycles. The Kier molecular flexibility index (Phi) is 10.8. The molecule has 3 heterocycles. The zero-order chi connectivity index (χ0) is 39.1. The normalized spacial score (nSPS) is 27.4. The van der Waals surface area contributed by atoms with Gasteiger partial charge in [0.05, 0.1) is 24.4 Å². The third-order valence-corrected chi connectivity index (χ3v) is 13.1. The number of methoxy groups -OCH3 is 1. The molecule has 0 unspecified atom stereocenters. The quantitative estimate of drug-likeness (QED) is 0.342. The maximum absolute atomic E-state index is 14.6. The van der Waals surface area contributed by atoms with Crippen molar-refractivity contribution in [2.45, 2.75) is 139 Å². The van der Waals surface area contributed by atoms with Crippen molar-refractivity contribution in [1.82, 2.24) is 25.2 Å². The number of rotatable bonds is 7. The van der Waals surface area contributed by atoms with Crippen molar-refractivity contribution in [3.05, 3.63) is 41.5 Å². The molecule has 1 aromatic heterocycles. The summed E-state index contributed by atoms with van der Waals surface area (Å²) >= 11 is 0. The number of ether oxygens (including phenoxy) is 3. The number of sulfonamides is 1. The Balaban J connectivity index is 1.21. The second-order valence-electron chi connectivity index (χ2n) is 16.7. The van der Waals surface area contributed by atoms with Crippen molar-refractivity contribution >= 4 is 44.7 Å². The second kappa shape index (κ2) is 15.3. The van der Waals surface area contributed by atoms with E-state index in [2.05, 4.69) is 15.4 Å². The van der Waals surface area contributed by atoms with Gasteiger partial charge in [-0.25, -0.2) is 18.2 Å². The van der Waals surface area contributed by atoms with Crippen molar-refractivity contribution in [3.63, 3.8) is 0 Å². The molecule has 2 saturated carbocycles. The lowest BCUT2D eigenvalue weighted by molar-refractivity contribution is -0.141. The zero-order valence-electron chi connectivity index (χ0n) is 32.1. The van der Waals surface area contributed by atoms with Crippen molar-refractivity contribution < 1.29 is 41.8 Å². The van der Waals surface area contributed by atoms with Crippen LogP contribution in [0.25, 0.3) is 10.9 Å². The zero-order valence-corrected chi connectivity index (χ0v) is 33.0. The lowest BCUT2D eigenvalue weighted by Crippen LogP contribution is -2.58. The number of carbonyl (C=O) groups excluding carboxylic acids is 4. The molecule has 3 N–H and O–H groups in total. The Labute approximate surface area is 322 Å². The Morgan fingerprint density at radius 2 is 1.78 bits per heavy atom. The minimum Gasteiger partial charge on any atom is -0.497 e. The smallest absolute Gasteiger partial charge is 0.408 e. The van der Waals surface area contributed by atoms with Crippen LogP contribution in [-0.2, 0) is 42.0 Å². The highest BCUT2D eigenvalue weighted by Crippen LogP contribution is 2.46. The fraction of sp³-hybridized carbons (Fsp3) is 0.625. The number of carbonyl (C=O) groups is 4. The Morgan fingerprint density at radius 1 is 1.02 bits per heavy atom. The highest BCUT2D eigenvalue weighted by molar-refractivity contribution is 7.91. The number of alkyl carbamates (subject to hydrolysis) is 1. The van der Waals surface area contributed by atoms with Gasteiger partial charge in [-0.15, -0.1) is 0 Å². The van der Waals surface area contributed by atoms with Crippen molar-refractivity contribution in [2.75, 3.05) is 13.7 Å². The van der Waals surface area contributed by atoms with Gasteiger partial charge in [-0.2, -0.15) is 0 Å². The maximum atomic E-state index is 14.6. The highest BCUT2D eigenvalue weighted by atomic mass is 32.2. The summed E-state index contributed by atoms with van der Waals surface area (Å²) in [6, 6.07) is 3.67. The fourth-order valence-corrected chi connectivity index (χ4v) is 9.51.